The van der Waals surface area contributed by atoms with Gasteiger partial charge in [-0.25, -0.2) is 4.98 Å². The second kappa shape index (κ2) is 8.88. The summed E-state index contributed by atoms with van der Waals surface area (Å²) < 4.78 is 0. The fraction of sp³-hybridized carbons (Fsp3) is 0.316. The first-order valence-electron chi connectivity index (χ1n) is 8.56. The molecule has 27 heavy (non-hydrogen) atoms. The molecule has 0 aliphatic heterocycles. The Morgan fingerprint density at radius 1 is 1.19 bits per heavy atom. The van der Waals surface area contributed by atoms with Crippen molar-refractivity contribution in [3.05, 3.63) is 47.9 Å². The molecule has 0 fully saturated rings. The van der Waals surface area contributed by atoms with E-state index in [0.717, 1.165) is 0 Å². The molecule has 0 unspecified atom stereocenters. The van der Waals surface area contributed by atoms with E-state index in [1.165, 1.54) is 17.3 Å². The van der Waals surface area contributed by atoms with Crippen LogP contribution < -0.4 is 10.6 Å². The number of benzene rings is 1. The summed E-state index contributed by atoms with van der Waals surface area (Å²) in [6, 6.07) is 6.13. The second-order valence-corrected chi connectivity index (χ2v) is 6.16. The zero-order valence-electron chi connectivity index (χ0n) is 15.8. The van der Waals surface area contributed by atoms with E-state index in [1.807, 2.05) is 6.92 Å². The molecule has 142 valence electrons. The SMILES string of the molecule is CCNC(=O)[C@@H](C)NC(=O)c1cccc(-c2cncc(C(=O)N(C)C)n2)c1. The Balaban J connectivity index is 2.23. The van der Waals surface area contributed by atoms with Crippen LogP contribution in [0.3, 0.4) is 0 Å². The lowest BCUT2D eigenvalue weighted by molar-refractivity contribution is -0.122. The van der Waals surface area contributed by atoms with Crippen LogP contribution in [-0.4, -0.2) is 59.3 Å². The lowest BCUT2D eigenvalue weighted by atomic mass is 10.1. The number of amides is 3. The molecule has 1 heterocycles. The topological polar surface area (TPSA) is 104 Å². The smallest absolute Gasteiger partial charge is 0.273 e. The van der Waals surface area contributed by atoms with E-state index in [-0.39, 0.29) is 23.4 Å². The first-order chi connectivity index (χ1) is 12.8. The number of hydrogen-bond donors (Lipinski definition) is 2. The van der Waals surface area contributed by atoms with Crippen molar-refractivity contribution in [3.63, 3.8) is 0 Å². The molecule has 0 saturated carbocycles. The van der Waals surface area contributed by atoms with Gasteiger partial charge in [0.2, 0.25) is 5.91 Å². The fourth-order valence-corrected chi connectivity index (χ4v) is 2.33. The Kier molecular flexibility index (Phi) is 6.59. The predicted molar refractivity (Wildman–Crippen MR) is 101 cm³/mol. The number of nitrogens with one attached hydrogen (secondary N) is 2. The minimum atomic E-state index is -0.651. The summed E-state index contributed by atoms with van der Waals surface area (Å²) in [6.07, 6.45) is 2.93. The molecule has 1 aromatic carbocycles. The van der Waals surface area contributed by atoms with Crippen LogP contribution in [0, 0.1) is 0 Å². The molecule has 1 aromatic heterocycles. The molecular weight excluding hydrogens is 346 g/mol. The first kappa shape index (κ1) is 20.0. The van der Waals surface area contributed by atoms with E-state index in [9.17, 15) is 14.4 Å². The summed E-state index contributed by atoms with van der Waals surface area (Å²) in [5.41, 5.74) is 1.73. The average Bonchev–Trinajstić information content (AvgIpc) is 2.67. The van der Waals surface area contributed by atoms with E-state index in [0.29, 0.717) is 23.4 Å². The third-order valence-electron chi connectivity index (χ3n) is 3.77. The zero-order valence-corrected chi connectivity index (χ0v) is 15.8. The lowest BCUT2D eigenvalue weighted by Gasteiger charge is -2.14. The number of likely N-dealkylation sites (N-methyl/N-ethyl adjacent to an activating group) is 1. The van der Waals surface area contributed by atoms with Gasteiger partial charge >= 0.3 is 0 Å². The van der Waals surface area contributed by atoms with Crippen LogP contribution in [0.15, 0.2) is 36.7 Å². The number of carbonyl (C=O) groups is 3. The van der Waals surface area contributed by atoms with Gasteiger partial charge in [-0.3, -0.25) is 19.4 Å². The number of nitrogens with zero attached hydrogens (tertiary/aromatic N) is 3. The minimum absolute atomic E-state index is 0.220. The van der Waals surface area contributed by atoms with Gasteiger partial charge in [-0.2, -0.15) is 0 Å². The molecule has 0 bridgehead atoms. The van der Waals surface area contributed by atoms with Crippen LogP contribution >= 0.6 is 0 Å². The van der Waals surface area contributed by atoms with Gasteiger partial charge in [0.15, 0.2) is 0 Å². The van der Waals surface area contributed by atoms with Crippen LogP contribution in [0.4, 0.5) is 0 Å². The quantitative estimate of drug-likeness (QED) is 0.793. The Morgan fingerprint density at radius 2 is 1.93 bits per heavy atom. The highest BCUT2D eigenvalue weighted by Crippen LogP contribution is 2.18. The highest BCUT2D eigenvalue weighted by atomic mass is 16.2. The molecule has 0 aliphatic rings. The fourth-order valence-electron chi connectivity index (χ4n) is 2.33. The van der Waals surface area contributed by atoms with E-state index < -0.39 is 6.04 Å². The molecule has 3 amide bonds. The molecule has 0 spiro atoms. The highest BCUT2D eigenvalue weighted by molar-refractivity contribution is 5.98. The van der Waals surface area contributed by atoms with Crippen molar-refractivity contribution in [2.75, 3.05) is 20.6 Å². The molecule has 0 aliphatic carbocycles. The maximum atomic E-state index is 12.4. The summed E-state index contributed by atoms with van der Waals surface area (Å²) in [5, 5.41) is 5.31. The van der Waals surface area contributed by atoms with Crippen molar-refractivity contribution in [3.8, 4) is 11.3 Å². The van der Waals surface area contributed by atoms with Crippen LogP contribution in [0.25, 0.3) is 11.3 Å². The Bertz CT molecular complexity index is 851. The van der Waals surface area contributed by atoms with Gasteiger partial charge in [0, 0.05) is 31.8 Å². The summed E-state index contributed by atoms with van der Waals surface area (Å²) >= 11 is 0. The van der Waals surface area contributed by atoms with Gasteiger partial charge < -0.3 is 15.5 Å². The first-order valence-corrected chi connectivity index (χ1v) is 8.56. The average molecular weight is 369 g/mol. The van der Waals surface area contributed by atoms with Gasteiger partial charge in [-0.1, -0.05) is 12.1 Å². The van der Waals surface area contributed by atoms with Crippen LogP contribution in [0.1, 0.15) is 34.7 Å². The van der Waals surface area contributed by atoms with Crippen LogP contribution in [-0.2, 0) is 4.79 Å². The van der Waals surface area contributed by atoms with Crippen LogP contribution in [0.2, 0.25) is 0 Å². The molecule has 2 N–H and O–H groups in total. The molecule has 2 rings (SSSR count). The molecule has 1 atom stereocenters. The largest absolute Gasteiger partial charge is 0.355 e. The summed E-state index contributed by atoms with van der Waals surface area (Å²) in [7, 11) is 3.27. The lowest BCUT2D eigenvalue weighted by Crippen LogP contribution is -2.44. The third-order valence-corrected chi connectivity index (χ3v) is 3.77. The Hall–Kier alpha value is -3.29. The molecule has 8 nitrogen and oxygen atoms in total. The standard InChI is InChI=1S/C19H23N5O3/c1-5-21-17(25)12(2)22-18(26)14-8-6-7-13(9-14)15-10-20-11-16(23-15)19(27)24(3)4/h6-12H,5H2,1-4H3,(H,21,25)(H,22,26)/t12-/m1/s1. The van der Waals surface area contributed by atoms with E-state index in [2.05, 4.69) is 20.6 Å². The number of carbonyl (C=O) groups excluding carboxylic acids is 3. The van der Waals surface area contributed by atoms with Gasteiger partial charge in [-0.15, -0.1) is 0 Å². The maximum absolute atomic E-state index is 12.4. The summed E-state index contributed by atoms with van der Waals surface area (Å²) in [4.78, 5) is 46.1. The minimum Gasteiger partial charge on any atom is -0.355 e. The predicted octanol–water partition coefficient (Wildman–Crippen LogP) is 1.10. The number of rotatable bonds is 6. The summed E-state index contributed by atoms with van der Waals surface area (Å²) in [6.45, 7) is 3.93. The van der Waals surface area contributed by atoms with Gasteiger partial charge in [0.25, 0.3) is 11.8 Å². The highest BCUT2D eigenvalue weighted by Gasteiger charge is 2.17. The Morgan fingerprint density at radius 3 is 2.59 bits per heavy atom. The maximum Gasteiger partial charge on any atom is 0.273 e. The number of aromatic nitrogens is 2. The van der Waals surface area contributed by atoms with E-state index in [4.69, 9.17) is 0 Å². The van der Waals surface area contributed by atoms with Gasteiger partial charge in [-0.05, 0) is 26.0 Å². The normalized spacial score (nSPS) is 11.4. The molecule has 0 radical (unpaired) electrons. The third kappa shape index (κ3) is 5.10. The van der Waals surface area contributed by atoms with E-state index in [1.54, 1.807) is 45.3 Å². The van der Waals surface area contributed by atoms with Crippen molar-refractivity contribution in [1.29, 1.82) is 0 Å². The van der Waals surface area contributed by atoms with Crippen molar-refractivity contribution in [2.45, 2.75) is 19.9 Å². The molecule has 2 aromatic rings. The van der Waals surface area contributed by atoms with Crippen molar-refractivity contribution in [2.24, 2.45) is 0 Å². The number of hydrogen-bond acceptors (Lipinski definition) is 5. The zero-order chi connectivity index (χ0) is 20.0. The van der Waals surface area contributed by atoms with E-state index >= 15 is 0 Å². The molecule has 8 heteroatoms. The van der Waals surface area contributed by atoms with Gasteiger partial charge in [0.1, 0.15) is 11.7 Å². The summed E-state index contributed by atoms with van der Waals surface area (Å²) in [5.74, 6) is -0.874. The van der Waals surface area contributed by atoms with Crippen molar-refractivity contribution >= 4 is 17.7 Å². The molecule has 0 saturated heterocycles. The van der Waals surface area contributed by atoms with Crippen molar-refractivity contribution in [1.82, 2.24) is 25.5 Å². The monoisotopic (exact) mass is 369 g/mol. The Labute approximate surface area is 158 Å². The van der Waals surface area contributed by atoms with Crippen molar-refractivity contribution < 1.29 is 14.4 Å². The second-order valence-electron chi connectivity index (χ2n) is 6.16. The molecular formula is C19H23N5O3. The van der Waals surface area contributed by atoms with Gasteiger partial charge in [0.05, 0.1) is 18.1 Å². The van der Waals surface area contributed by atoms with Crippen LogP contribution in [0.5, 0.6) is 0 Å².